The molecular weight excluding hydrogens is 432 g/mol. The number of alkyl carbamates (subject to hydrolysis) is 1. The molecule has 2 unspecified atom stereocenters. The Kier molecular flexibility index (Phi) is 7.97. The van der Waals surface area contributed by atoms with Gasteiger partial charge < -0.3 is 20.5 Å². The summed E-state index contributed by atoms with van der Waals surface area (Å²) in [4.78, 5) is 36.8. The molecule has 1 aliphatic carbocycles. The average molecular weight is 467 g/mol. The van der Waals surface area contributed by atoms with Crippen molar-refractivity contribution >= 4 is 18.0 Å². The van der Waals surface area contributed by atoms with Gasteiger partial charge in [-0.25, -0.2) is 4.79 Å². The number of hydrogen-bond donors (Lipinski definition) is 3. The highest BCUT2D eigenvalue weighted by Crippen LogP contribution is 2.44. The molecule has 0 saturated heterocycles. The van der Waals surface area contributed by atoms with Crippen molar-refractivity contribution in [3.05, 3.63) is 59.7 Å². The molecule has 182 valence electrons. The maximum atomic E-state index is 12.9. The molecule has 7 heteroatoms. The number of aliphatic carboxylic acids is 1. The Balaban J connectivity index is 1.68. The SMILES string of the molecule is CCC(C)CC(NC(=O)OCC1c2ccccc2-c2ccccc21)C(=O)NC(C)(C)CC(=O)O. The van der Waals surface area contributed by atoms with Crippen molar-refractivity contribution in [1.82, 2.24) is 10.6 Å². The third-order valence-corrected chi connectivity index (χ3v) is 6.34. The lowest BCUT2D eigenvalue weighted by atomic mass is 9.96. The first-order valence-electron chi connectivity index (χ1n) is 11.8. The minimum atomic E-state index is -1.01. The van der Waals surface area contributed by atoms with Gasteiger partial charge in [0.2, 0.25) is 5.91 Å². The Morgan fingerprint density at radius 3 is 2.12 bits per heavy atom. The van der Waals surface area contributed by atoms with Gasteiger partial charge in [0, 0.05) is 11.5 Å². The van der Waals surface area contributed by atoms with Crippen molar-refractivity contribution < 1.29 is 24.2 Å². The second kappa shape index (κ2) is 10.7. The lowest BCUT2D eigenvalue weighted by molar-refractivity contribution is -0.138. The van der Waals surface area contributed by atoms with Gasteiger partial charge in [-0.05, 0) is 48.4 Å². The molecule has 7 nitrogen and oxygen atoms in total. The van der Waals surface area contributed by atoms with Crippen molar-refractivity contribution in [2.24, 2.45) is 5.92 Å². The van der Waals surface area contributed by atoms with Gasteiger partial charge in [-0.2, -0.15) is 0 Å². The molecule has 0 heterocycles. The molecule has 0 bridgehead atoms. The van der Waals surface area contributed by atoms with Crippen LogP contribution in [0.2, 0.25) is 0 Å². The normalized spacial score (nSPS) is 14.5. The zero-order valence-electron chi connectivity index (χ0n) is 20.3. The lowest BCUT2D eigenvalue weighted by Gasteiger charge is -2.28. The maximum Gasteiger partial charge on any atom is 0.407 e. The van der Waals surface area contributed by atoms with Gasteiger partial charge in [0.05, 0.1) is 6.42 Å². The van der Waals surface area contributed by atoms with Gasteiger partial charge in [0.1, 0.15) is 12.6 Å². The molecule has 0 aliphatic heterocycles. The fraction of sp³-hybridized carbons (Fsp3) is 0.444. The van der Waals surface area contributed by atoms with Crippen LogP contribution in [0.5, 0.6) is 0 Å². The van der Waals surface area contributed by atoms with Crippen LogP contribution < -0.4 is 10.6 Å². The lowest BCUT2D eigenvalue weighted by Crippen LogP contribution is -2.54. The molecule has 0 aromatic heterocycles. The van der Waals surface area contributed by atoms with Crippen LogP contribution in [-0.2, 0) is 14.3 Å². The number of hydrogen-bond acceptors (Lipinski definition) is 4. The number of carboxylic acids is 1. The van der Waals surface area contributed by atoms with Crippen molar-refractivity contribution in [3.63, 3.8) is 0 Å². The van der Waals surface area contributed by atoms with Gasteiger partial charge >= 0.3 is 12.1 Å². The number of carbonyl (C=O) groups is 3. The highest BCUT2D eigenvalue weighted by molar-refractivity contribution is 5.86. The highest BCUT2D eigenvalue weighted by Gasteiger charge is 2.32. The van der Waals surface area contributed by atoms with E-state index < -0.39 is 29.6 Å². The molecule has 0 fully saturated rings. The molecule has 2 atom stereocenters. The van der Waals surface area contributed by atoms with Crippen LogP contribution in [0.15, 0.2) is 48.5 Å². The first kappa shape index (κ1) is 25.3. The van der Waals surface area contributed by atoms with Crippen molar-refractivity contribution in [3.8, 4) is 11.1 Å². The highest BCUT2D eigenvalue weighted by atomic mass is 16.5. The van der Waals surface area contributed by atoms with Gasteiger partial charge in [-0.1, -0.05) is 68.8 Å². The van der Waals surface area contributed by atoms with E-state index >= 15 is 0 Å². The largest absolute Gasteiger partial charge is 0.481 e. The molecule has 0 radical (unpaired) electrons. The predicted octanol–water partition coefficient (Wildman–Crippen LogP) is 4.70. The zero-order chi connectivity index (χ0) is 24.9. The minimum Gasteiger partial charge on any atom is -0.481 e. The summed E-state index contributed by atoms with van der Waals surface area (Å²) < 4.78 is 5.61. The summed E-state index contributed by atoms with van der Waals surface area (Å²) in [7, 11) is 0. The molecular formula is C27H34N2O5. The van der Waals surface area contributed by atoms with E-state index in [9.17, 15) is 14.4 Å². The predicted molar refractivity (Wildman–Crippen MR) is 131 cm³/mol. The Morgan fingerprint density at radius 2 is 1.59 bits per heavy atom. The molecule has 1 aliphatic rings. The zero-order valence-corrected chi connectivity index (χ0v) is 20.3. The molecule has 34 heavy (non-hydrogen) atoms. The molecule has 0 saturated carbocycles. The van der Waals surface area contributed by atoms with Crippen LogP contribution in [-0.4, -0.2) is 41.3 Å². The fourth-order valence-corrected chi connectivity index (χ4v) is 4.43. The third-order valence-electron chi connectivity index (χ3n) is 6.34. The number of ether oxygens (including phenoxy) is 1. The summed E-state index contributed by atoms with van der Waals surface area (Å²) in [5.74, 6) is -1.31. The second-order valence-corrected chi connectivity index (χ2v) is 9.72. The Morgan fingerprint density at radius 1 is 1.03 bits per heavy atom. The molecule has 2 aromatic carbocycles. The summed E-state index contributed by atoms with van der Waals surface area (Å²) in [6, 6.07) is 15.4. The van der Waals surface area contributed by atoms with Crippen LogP contribution in [0.3, 0.4) is 0 Å². The molecule has 3 rings (SSSR count). The van der Waals surface area contributed by atoms with E-state index in [0.717, 1.165) is 28.7 Å². The van der Waals surface area contributed by atoms with Crippen LogP contribution in [0.1, 0.15) is 64.0 Å². The van der Waals surface area contributed by atoms with E-state index in [-0.39, 0.29) is 24.9 Å². The molecule has 3 N–H and O–H groups in total. The Bertz CT molecular complexity index is 1000. The summed E-state index contributed by atoms with van der Waals surface area (Å²) in [6.45, 7) is 7.46. The topological polar surface area (TPSA) is 105 Å². The van der Waals surface area contributed by atoms with Crippen molar-refractivity contribution in [1.29, 1.82) is 0 Å². The first-order chi connectivity index (χ1) is 16.1. The van der Waals surface area contributed by atoms with E-state index in [2.05, 4.69) is 22.8 Å². The number of fused-ring (bicyclic) bond motifs is 3. The van der Waals surface area contributed by atoms with Crippen molar-refractivity contribution in [2.45, 2.75) is 64.5 Å². The first-order valence-corrected chi connectivity index (χ1v) is 11.8. The van der Waals surface area contributed by atoms with Crippen LogP contribution in [0.25, 0.3) is 11.1 Å². The number of carboxylic acid groups (broad SMARTS) is 1. The number of nitrogens with one attached hydrogen (secondary N) is 2. The molecule has 2 amide bonds. The quantitative estimate of drug-likeness (QED) is 0.471. The van der Waals surface area contributed by atoms with Gasteiger partial charge in [0.15, 0.2) is 0 Å². The minimum absolute atomic E-state index is 0.0745. The molecule has 2 aromatic rings. The summed E-state index contributed by atoms with van der Waals surface area (Å²) in [5, 5.41) is 14.6. The van der Waals surface area contributed by atoms with Gasteiger partial charge in [-0.15, -0.1) is 0 Å². The van der Waals surface area contributed by atoms with Crippen LogP contribution in [0.4, 0.5) is 4.79 Å². The number of rotatable bonds is 10. The van der Waals surface area contributed by atoms with E-state index in [1.807, 2.05) is 50.2 Å². The monoisotopic (exact) mass is 466 g/mol. The van der Waals surface area contributed by atoms with Gasteiger partial charge in [-0.3, -0.25) is 9.59 Å². The van der Waals surface area contributed by atoms with E-state index in [4.69, 9.17) is 9.84 Å². The number of benzene rings is 2. The second-order valence-electron chi connectivity index (χ2n) is 9.72. The summed E-state index contributed by atoms with van der Waals surface area (Å²) in [5.41, 5.74) is 3.56. The standard InChI is InChI=1S/C27H34N2O5/c1-5-17(2)14-23(25(32)29-27(3,4)15-24(30)31)28-26(33)34-16-22-20-12-8-6-10-18(20)19-11-7-9-13-21(19)22/h6-13,17,22-23H,5,14-16H2,1-4H3,(H,28,33)(H,29,32)(H,30,31). The van der Waals surface area contributed by atoms with E-state index in [1.165, 1.54) is 0 Å². The van der Waals surface area contributed by atoms with E-state index in [0.29, 0.717) is 6.42 Å². The van der Waals surface area contributed by atoms with Crippen molar-refractivity contribution in [2.75, 3.05) is 6.61 Å². The number of carbonyl (C=O) groups excluding carboxylic acids is 2. The number of amides is 2. The Labute approximate surface area is 200 Å². The van der Waals surface area contributed by atoms with E-state index in [1.54, 1.807) is 13.8 Å². The molecule has 0 spiro atoms. The fourth-order valence-electron chi connectivity index (χ4n) is 4.43. The summed E-state index contributed by atoms with van der Waals surface area (Å²) in [6.07, 6.45) is 0.380. The third kappa shape index (κ3) is 6.16. The van der Waals surface area contributed by atoms with Crippen LogP contribution >= 0.6 is 0 Å². The Hall–Kier alpha value is -3.35. The maximum absolute atomic E-state index is 12.9. The summed E-state index contributed by atoms with van der Waals surface area (Å²) >= 11 is 0. The smallest absolute Gasteiger partial charge is 0.407 e. The van der Waals surface area contributed by atoms with Gasteiger partial charge in [0.25, 0.3) is 0 Å². The van der Waals surface area contributed by atoms with Crippen LogP contribution in [0, 0.1) is 5.92 Å². The average Bonchev–Trinajstić information content (AvgIpc) is 3.09.